The first-order valence-corrected chi connectivity index (χ1v) is 5.16. The smallest absolute Gasteiger partial charge is 0.153 e. The highest BCUT2D eigenvalue weighted by molar-refractivity contribution is 5.79. The van der Waals surface area contributed by atoms with Gasteiger partial charge in [-0.25, -0.2) is 4.39 Å². The average Bonchev–Trinajstić information content (AvgIpc) is 2.39. The largest absolute Gasteiger partial charge is 0.457 e. The summed E-state index contributed by atoms with van der Waals surface area (Å²) in [7, 11) is 0. The summed E-state index contributed by atoms with van der Waals surface area (Å²) < 4.78 is 18.8. The topological polar surface area (TPSA) is 50.1 Å². The molecule has 0 radical (unpaired) electrons. The quantitative estimate of drug-likeness (QED) is 0.774. The number of hydrogen-bond acceptors (Lipinski definition) is 3. The highest BCUT2D eigenvalue weighted by Crippen LogP contribution is 2.25. The predicted molar refractivity (Wildman–Crippen MR) is 63.0 cm³/mol. The predicted octanol–water partition coefficient (Wildman–Crippen LogP) is 3.30. The molecule has 0 amide bonds. The van der Waals surface area contributed by atoms with Crippen molar-refractivity contribution in [1.29, 1.82) is 5.26 Å². The van der Waals surface area contributed by atoms with Crippen LogP contribution in [0.4, 0.5) is 4.39 Å². The van der Waals surface area contributed by atoms with Gasteiger partial charge in [0.05, 0.1) is 11.1 Å². The van der Waals surface area contributed by atoms with Crippen molar-refractivity contribution in [2.24, 2.45) is 0 Å². The molecule has 2 rings (SSSR count). The molecule has 0 saturated carbocycles. The molecule has 0 aliphatic carbocycles. The molecule has 4 heteroatoms. The van der Waals surface area contributed by atoms with E-state index in [1.807, 2.05) is 0 Å². The lowest BCUT2D eigenvalue weighted by Crippen LogP contribution is -1.91. The van der Waals surface area contributed by atoms with E-state index < -0.39 is 5.82 Å². The van der Waals surface area contributed by atoms with Crippen LogP contribution in [0, 0.1) is 17.1 Å². The summed E-state index contributed by atoms with van der Waals surface area (Å²) in [6, 6.07) is 12.3. The number of halogens is 1. The van der Waals surface area contributed by atoms with Gasteiger partial charge >= 0.3 is 0 Å². The lowest BCUT2D eigenvalue weighted by Gasteiger charge is -2.07. The number of carbonyl (C=O) groups excluding carboxylic acids is 1. The second-order valence-electron chi connectivity index (χ2n) is 3.51. The van der Waals surface area contributed by atoms with Gasteiger partial charge < -0.3 is 4.74 Å². The number of rotatable bonds is 3. The molecule has 2 aromatic carbocycles. The van der Waals surface area contributed by atoms with Crippen LogP contribution in [0.15, 0.2) is 42.5 Å². The van der Waals surface area contributed by atoms with Crippen LogP contribution in [0.5, 0.6) is 11.5 Å². The molecule has 0 saturated heterocycles. The Labute approximate surface area is 103 Å². The zero-order valence-electron chi connectivity index (χ0n) is 9.26. The van der Waals surface area contributed by atoms with Gasteiger partial charge in [-0.2, -0.15) is 5.26 Å². The highest BCUT2D eigenvalue weighted by atomic mass is 19.1. The fourth-order valence-electron chi connectivity index (χ4n) is 1.45. The van der Waals surface area contributed by atoms with E-state index in [1.54, 1.807) is 30.3 Å². The van der Waals surface area contributed by atoms with Crippen LogP contribution < -0.4 is 4.74 Å². The SMILES string of the molecule is N#Cc1ccc(Oc2ccccc2C=O)cc1F. The number of carbonyl (C=O) groups is 1. The maximum absolute atomic E-state index is 13.4. The van der Waals surface area contributed by atoms with Gasteiger partial charge in [0.2, 0.25) is 0 Å². The molecule has 0 fully saturated rings. The first-order valence-electron chi connectivity index (χ1n) is 5.16. The van der Waals surface area contributed by atoms with Gasteiger partial charge in [0.15, 0.2) is 6.29 Å². The molecule has 0 aromatic heterocycles. The zero-order valence-corrected chi connectivity index (χ0v) is 9.26. The third-order valence-corrected chi connectivity index (χ3v) is 2.33. The summed E-state index contributed by atoms with van der Waals surface area (Å²) in [4.78, 5) is 10.8. The normalized spacial score (nSPS) is 9.56. The lowest BCUT2D eigenvalue weighted by molar-refractivity contribution is 0.112. The molecule has 0 N–H and O–H groups in total. The van der Waals surface area contributed by atoms with Crippen LogP contribution in [0.3, 0.4) is 0 Å². The fourth-order valence-corrected chi connectivity index (χ4v) is 1.45. The van der Waals surface area contributed by atoms with Gasteiger partial charge in [0, 0.05) is 6.07 Å². The van der Waals surface area contributed by atoms with Crippen LogP contribution in [0.1, 0.15) is 15.9 Å². The molecule has 2 aromatic rings. The van der Waals surface area contributed by atoms with Crippen molar-refractivity contribution in [2.75, 3.05) is 0 Å². The van der Waals surface area contributed by atoms with Crippen LogP contribution >= 0.6 is 0 Å². The number of nitrogens with zero attached hydrogens (tertiary/aromatic N) is 1. The number of aldehydes is 1. The fraction of sp³-hybridized carbons (Fsp3) is 0. The minimum atomic E-state index is -0.654. The van der Waals surface area contributed by atoms with Gasteiger partial charge in [-0.15, -0.1) is 0 Å². The molecule has 0 unspecified atom stereocenters. The standard InChI is InChI=1S/C14H8FNO2/c15-13-7-12(6-5-10(13)8-16)18-14-4-2-1-3-11(14)9-17/h1-7,9H. The molecule has 3 nitrogen and oxygen atoms in total. The van der Waals surface area contributed by atoms with E-state index in [4.69, 9.17) is 10.00 Å². The molecule has 0 heterocycles. The Kier molecular flexibility index (Phi) is 3.35. The number of nitriles is 1. The molecule has 88 valence electrons. The van der Waals surface area contributed by atoms with E-state index in [1.165, 1.54) is 12.1 Å². The third kappa shape index (κ3) is 2.36. The highest BCUT2D eigenvalue weighted by Gasteiger charge is 2.06. The Balaban J connectivity index is 2.32. The molecule has 0 bridgehead atoms. The Hall–Kier alpha value is -2.67. The molecular formula is C14H8FNO2. The van der Waals surface area contributed by atoms with E-state index in [0.717, 1.165) is 6.07 Å². The summed E-state index contributed by atoms with van der Waals surface area (Å²) in [5, 5.41) is 8.60. The van der Waals surface area contributed by atoms with Gasteiger partial charge in [-0.3, -0.25) is 4.79 Å². The van der Waals surface area contributed by atoms with E-state index in [-0.39, 0.29) is 11.3 Å². The summed E-state index contributed by atoms with van der Waals surface area (Å²) >= 11 is 0. The average molecular weight is 241 g/mol. The second-order valence-corrected chi connectivity index (χ2v) is 3.51. The maximum Gasteiger partial charge on any atom is 0.153 e. The van der Waals surface area contributed by atoms with Crippen molar-refractivity contribution in [3.63, 3.8) is 0 Å². The Bertz CT molecular complexity index is 632. The van der Waals surface area contributed by atoms with Crippen LogP contribution in [-0.2, 0) is 0 Å². The maximum atomic E-state index is 13.4. The Morgan fingerprint density at radius 3 is 2.67 bits per heavy atom. The van der Waals surface area contributed by atoms with Gasteiger partial charge in [0.25, 0.3) is 0 Å². The summed E-state index contributed by atoms with van der Waals surface area (Å²) in [5.74, 6) is -0.0732. The van der Waals surface area contributed by atoms with Crippen molar-refractivity contribution in [1.82, 2.24) is 0 Å². The van der Waals surface area contributed by atoms with Crippen molar-refractivity contribution in [3.05, 3.63) is 59.4 Å². The number of hydrogen-bond donors (Lipinski definition) is 0. The summed E-state index contributed by atoms with van der Waals surface area (Å²) in [6.07, 6.45) is 0.662. The Morgan fingerprint density at radius 1 is 1.22 bits per heavy atom. The van der Waals surface area contributed by atoms with E-state index >= 15 is 0 Å². The first-order chi connectivity index (χ1) is 8.74. The number of benzene rings is 2. The lowest BCUT2D eigenvalue weighted by atomic mass is 10.2. The minimum Gasteiger partial charge on any atom is -0.457 e. The molecule has 18 heavy (non-hydrogen) atoms. The zero-order chi connectivity index (χ0) is 13.0. The van der Waals surface area contributed by atoms with Gasteiger partial charge in [0.1, 0.15) is 23.4 Å². The molecule has 0 spiro atoms. The number of para-hydroxylation sites is 1. The molecular weight excluding hydrogens is 233 g/mol. The van der Waals surface area contributed by atoms with Crippen molar-refractivity contribution in [2.45, 2.75) is 0 Å². The van der Waals surface area contributed by atoms with Crippen molar-refractivity contribution in [3.8, 4) is 17.6 Å². The monoisotopic (exact) mass is 241 g/mol. The van der Waals surface area contributed by atoms with Gasteiger partial charge in [-0.1, -0.05) is 12.1 Å². The first kappa shape index (κ1) is 11.8. The van der Waals surface area contributed by atoms with Gasteiger partial charge in [-0.05, 0) is 24.3 Å². The van der Waals surface area contributed by atoms with Crippen LogP contribution in [0.25, 0.3) is 0 Å². The van der Waals surface area contributed by atoms with Crippen molar-refractivity contribution < 1.29 is 13.9 Å². The minimum absolute atomic E-state index is 0.0500. The summed E-state index contributed by atoms with van der Waals surface area (Å²) in [6.45, 7) is 0. The Morgan fingerprint density at radius 2 is 2.00 bits per heavy atom. The van der Waals surface area contributed by atoms with E-state index in [0.29, 0.717) is 17.6 Å². The van der Waals surface area contributed by atoms with E-state index in [9.17, 15) is 9.18 Å². The van der Waals surface area contributed by atoms with Crippen LogP contribution in [-0.4, -0.2) is 6.29 Å². The number of ether oxygens (including phenoxy) is 1. The molecule has 0 atom stereocenters. The molecule has 0 aliphatic rings. The third-order valence-electron chi connectivity index (χ3n) is 2.33. The van der Waals surface area contributed by atoms with E-state index in [2.05, 4.69) is 0 Å². The molecule has 0 aliphatic heterocycles. The van der Waals surface area contributed by atoms with Crippen molar-refractivity contribution >= 4 is 6.29 Å². The second kappa shape index (κ2) is 5.11. The van der Waals surface area contributed by atoms with Crippen LogP contribution in [0.2, 0.25) is 0 Å². The summed E-state index contributed by atoms with van der Waals surface area (Å²) in [5.41, 5.74) is 0.327.